The van der Waals surface area contributed by atoms with Crippen molar-refractivity contribution in [2.24, 2.45) is 5.92 Å². The summed E-state index contributed by atoms with van der Waals surface area (Å²) in [5.41, 5.74) is 1.01. The van der Waals surface area contributed by atoms with Crippen molar-refractivity contribution in [1.29, 1.82) is 0 Å². The van der Waals surface area contributed by atoms with Crippen LogP contribution in [0.15, 0.2) is 36.4 Å². The maximum absolute atomic E-state index is 12.5. The predicted molar refractivity (Wildman–Crippen MR) is 101 cm³/mol. The minimum Gasteiger partial charge on any atom is -0.348 e. The number of hydrogen-bond donors (Lipinski definition) is 2. The summed E-state index contributed by atoms with van der Waals surface area (Å²) in [7, 11) is 0. The molecule has 4 nitrogen and oxygen atoms in total. The molecule has 0 bridgehead atoms. The van der Waals surface area contributed by atoms with Crippen LogP contribution in [-0.2, 0) is 0 Å². The SMILES string of the molecule is CC1CNCCC1NC(=O)c1ccc(-c2nc3ccccc3s2)s1. The number of thiophene rings is 1. The summed E-state index contributed by atoms with van der Waals surface area (Å²) in [6, 6.07) is 12.3. The van der Waals surface area contributed by atoms with Gasteiger partial charge in [0.1, 0.15) is 5.01 Å². The van der Waals surface area contributed by atoms with Gasteiger partial charge >= 0.3 is 0 Å². The van der Waals surface area contributed by atoms with E-state index in [0.717, 1.165) is 39.8 Å². The topological polar surface area (TPSA) is 54.0 Å². The third-order valence-corrected chi connectivity index (χ3v) is 6.73. The van der Waals surface area contributed by atoms with Gasteiger partial charge in [0.05, 0.1) is 20.0 Å². The molecule has 1 fully saturated rings. The van der Waals surface area contributed by atoms with E-state index in [-0.39, 0.29) is 11.9 Å². The molecule has 2 aromatic heterocycles. The molecule has 0 spiro atoms. The molecule has 0 radical (unpaired) electrons. The summed E-state index contributed by atoms with van der Waals surface area (Å²) in [4.78, 5) is 19.0. The molecule has 4 rings (SSSR count). The van der Waals surface area contributed by atoms with E-state index in [1.54, 1.807) is 11.3 Å². The van der Waals surface area contributed by atoms with Crippen LogP contribution in [-0.4, -0.2) is 30.0 Å². The van der Waals surface area contributed by atoms with Crippen LogP contribution in [0.25, 0.3) is 20.1 Å². The number of carbonyl (C=O) groups excluding carboxylic acids is 1. The van der Waals surface area contributed by atoms with Gasteiger partial charge in [-0.05, 0) is 49.7 Å². The van der Waals surface area contributed by atoms with Gasteiger partial charge < -0.3 is 10.6 Å². The standard InChI is InChI=1S/C18H19N3OS2/c1-11-10-19-9-8-12(11)20-17(22)15-6-7-16(23-15)18-21-13-4-2-3-5-14(13)24-18/h2-7,11-12,19H,8-10H2,1H3,(H,20,22). The van der Waals surface area contributed by atoms with Gasteiger partial charge in [-0.1, -0.05) is 19.1 Å². The van der Waals surface area contributed by atoms with Crippen LogP contribution >= 0.6 is 22.7 Å². The number of carbonyl (C=O) groups is 1. The first kappa shape index (κ1) is 15.7. The molecule has 1 saturated heterocycles. The Labute approximate surface area is 148 Å². The van der Waals surface area contributed by atoms with Gasteiger partial charge in [0.2, 0.25) is 0 Å². The first-order valence-corrected chi connectivity index (χ1v) is 9.81. The van der Waals surface area contributed by atoms with Gasteiger partial charge in [-0.3, -0.25) is 4.79 Å². The Morgan fingerprint density at radius 1 is 1.25 bits per heavy atom. The lowest BCUT2D eigenvalue weighted by Crippen LogP contribution is -2.48. The number of thiazole rings is 1. The van der Waals surface area contributed by atoms with Gasteiger partial charge in [0, 0.05) is 6.04 Å². The zero-order valence-corrected chi connectivity index (χ0v) is 15.0. The van der Waals surface area contributed by atoms with Gasteiger partial charge in [-0.15, -0.1) is 22.7 Å². The van der Waals surface area contributed by atoms with Crippen molar-refractivity contribution in [2.45, 2.75) is 19.4 Å². The lowest BCUT2D eigenvalue weighted by Gasteiger charge is -2.30. The Hall–Kier alpha value is -1.76. The molecule has 24 heavy (non-hydrogen) atoms. The van der Waals surface area contributed by atoms with Gasteiger partial charge in [-0.25, -0.2) is 4.98 Å². The third kappa shape index (κ3) is 3.09. The Bertz CT molecular complexity index is 837. The van der Waals surface area contributed by atoms with Crippen molar-refractivity contribution >= 4 is 38.8 Å². The highest BCUT2D eigenvalue weighted by atomic mass is 32.1. The average molecular weight is 358 g/mol. The molecule has 2 N–H and O–H groups in total. The van der Waals surface area contributed by atoms with Crippen molar-refractivity contribution < 1.29 is 4.79 Å². The van der Waals surface area contributed by atoms with Crippen LogP contribution in [0.3, 0.4) is 0 Å². The second-order valence-corrected chi connectivity index (χ2v) is 8.32. The first-order chi connectivity index (χ1) is 11.7. The number of nitrogens with one attached hydrogen (secondary N) is 2. The molecule has 1 amide bonds. The Kier molecular flexibility index (Phi) is 4.35. The molecule has 3 heterocycles. The molecule has 2 unspecified atom stereocenters. The largest absolute Gasteiger partial charge is 0.348 e. The summed E-state index contributed by atoms with van der Waals surface area (Å²) in [5.74, 6) is 0.498. The Balaban J connectivity index is 1.52. The summed E-state index contributed by atoms with van der Waals surface area (Å²) in [5, 5.41) is 7.53. The molecule has 124 valence electrons. The van der Waals surface area contributed by atoms with E-state index in [9.17, 15) is 4.79 Å². The van der Waals surface area contributed by atoms with E-state index in [1.807, 2.05) is 30.3 Å². The fourth-order valence-corrected chi connectivity index (χ4v) is 4.95. The fourth-order valence-electron chi connectivity index (χ4n) is 3.02. The predicted octanol–water partition coefficient (Wildman–Crippen LogP) is 3.75. The van der Waals surface area contributed by atoms with Crippen molar-refractivity contribution in [3.63, 3.8) is 0 Å². The summed E-state index contributed by atoms with van der Waals surface area (Å²) in [6.45, 7) is 4.11. The van der Waals surface area contributed by atoms with Crippen molar-refractivity contribution in [1.82, 2.24) is 15.6 Å². The number of piperidine rings is 1. The minimum absolute atomic E-state index is 0.0334. The molecule has 1 aliphatic rings. The zero-order chi connectivity index (χ0) is 16.5. The first-order valence-electron chi connectivity index (χ1n) is 8.18. The van der Waals surface area contributed by atoms with Crippen molar-refractivity contribution in [2.75, 3.05) is 13.1 Å². The van der Waals surface area contributed by atoms with Crippen LogP contribution in [0.4, 0.5) is 0 Å². The number of nitrogens with zero attached hydrogens (tertiary/aromatic N) is 1. The third-order valence-electron chi connectivity index (χ3n) is 4.44. The normalized spacial score (nSPS) is 21.0. The Morgan fingerprint density at radius 3 is 2.96 bits per heavy atom. The van der Waals surface area contributed by atoms with E-state index >= 15 is 0 Å². The number of benzene rings is 1. The second-order valence-electron chi connectivity index (χ2n) is 6.20. The van der Waals surface area contributed by atoms with E-state index in [1.165, 1.54) is 16.0 Å². The summed E-state index contributed by atoms with van der Waals surface area (Å²) >= 11 is 3.19. The van der Waals surface area contributed by atoms with Crippen LogP contribution < -0.4 is 10.6 Å². The smallest absolute Gasteiger partial charge is 0.261 e. The number of hydrogen-bond acceptors (Lipinski definition) is 5. The highest BCUT2D eigenvalue weighted by Crippen LogP contribution is 2.34. The summed E-state index contributed by atoms with van der Waals surface area (Å²) < 4.78 is 1.18. The molecule has 1 aliphatic heterocycles. The van der Waals surface area contributed by atoms with Crippen molar-refractivity contribution in [3.05, 3.63) is 41.3 Å². The van der Waals surface area contributed by atoms with E-state index in [0.29, 0.717) is 5.92 Å². The fraction of sp³-hybridized carbons (Fsp3) is 0.333. The number of rotatable bonds is 3. The highest BCUT2D eigenvalue weighted by Gasteiger charge is 2.23. The highest BCUT2D eigenvalue weighted by molar-refractivity contribution is 7.26. The Morgan fingerprint density at radius 2 is 2.12 bits per heavy atom. The number of aromatic nitrogens is 1. The number of para-hydroxylation sites is 1. The van der Waals surface area contributed by atoms with Crippen molar-refractivity contribution in [3.8, 4) is 9.88 Å². The van der Waals surface area contributed by atoms with E-state index in [2.05, 4.69) is 28.6 Å². The molecule has 6 heteroatoms. The summed E-state index contributed by atoms with van der Waals surface area (Å²) in [6.07, 6.45) is 0.989. The van der Waals surface area contributed by atoms with Gasteiger partial charge in [-0.2, -0.15) is 0 Å². The quantitative estimate of drug-likeness (QED) is 0.750. The van der Waals surface area contributed by atoms with Gasteiger partial charge in [0.25, 0.3) is 5.91 Å². The molecule has 2 atom stereocenters. The van der Waals surface area contributed by atoms with Crippen LogP contribution in [0.1, 0.15) is 23.0 Å². The van der Waals surface area contributed by atoms with Gasteiger partial charge in [0.15, 0.2) is 0 Å². The minimum atomic E-state index is 0.0334. The average Bonchev–Trinajstić information content (AvgIpc) is 3.23. The monoisotopic (exact) mass is 357 g/mol. The maximum Gasteiger partial charge on any atom is 0.261 e. The molecule has 1 aromatic carbocycles. The molecule has 0 aliphatic carbocycles. The maximum atomic E-state index is 12.5. The second kappa shape index (κ2) is 6.63. The lowest BCUT2D eigenvalue weighted by molar-refractivity contribution is 0.0918. The number of amides is 1. The molecule has 0 saturated carbocycles. The molecular weight excluding hydrogens is 338 g/mol. The number of fused-ring (bicyclic) bond motifs is 1. The zero-order valence-electron chi connectivity index (χ0n) is 13.4. The van der Waals surface area contributed by atoms with Crippen LogP contribution in [0, 0.1) is 5.92 Å². The molecular formula is C18H19N3OS2. The van der Waals surface area contributed by atoms with Crippen LogP contribution in [0.5, 0.6) is 0 Å². The van der Waals surface area contributed by atoms with E-state index in [4.69, 9.17) is 0 Å². The van der Waals surface area contributed by atoms with Crippen LogP contribution in [0.2, 0.25) is 0 Å². The molecule has 3 aromatic rings. The lowest BCUT2D eigenvalue weighted by atomic mass is 9.95. The van der Waals surface area contributed by atoms with E-state index < -0.39 is 0 Å².